The highest BCUT2D eigenvalue weighted by Gasteiger charge is 2.29. The summed E-state index contributed by atoms with van der Waals surface area (Å²) in [4.78, 5) is 10.5. The van der Waals surface area contributed by atoms with Gasteiger partial charge in [-0.3, -0.25) is 9.13 Å². The van der Waals surface area contributed by atoms with Crippen LogP contribution in [-0.4, -0.2) is 42.8 Å². The van der Waals surface area contributed by atoms with E-state index >= 15 is 0 Å². The third-order valence-corrected chi connectivity index (χ3v) is 13.1. The second kappa shape index (κ2) is 12.6. The largest absolute Gasteiger partial charge is 0.353 e. The second-order valence-corrected chi connectivity index (χ2v) is 16.4. The standard InChI is InChI=1S/C54H36N8/c1-3-15-33(16-4-1)59-45-23-11-7-19-35(45)39-29-51-41(27-49(39)59)37-21-9-13-25-47(37)61(51)53-55-31-44-43(57-53)32-56-54(58-44)62-48-26-14-10-22-38(48)42-28-50-40(30-52(42)62)36-20-8-12-24-46(36)60(50)34-17-5-2-6-18-34/h1-31,43H,32H2,(H,55,57)(H,56,58). The molecular weight excluding hydrogens is 761 g/mol. The normalized spacial score (nSPS) is 15.4. The summed E-state index contributed by atoms with van der Waals surface area (Å²) >= 11 is 0. The topological polar surface area (TPSA) is 68.5 Å². The lowest BCUT2D eigenvalue weighted by molar-refractivity contribution is 0.610. The first-order chi connectivity index (χ1) is 30.8. The molecule has 8 nitrogen and oxygen atoms in total. The van der Waals surface area contributed by atoms with E-state index in [2.05, 4.69) is 211 Å². The zero-order valence-corrected chi connectivity index (χ0v) is 33.4. The number of nitrogens with zero attached hydrogens (tertiary/aromatic N) is 6. The molecule has 2 aliphatic heterocycles. The lowest BCUT2D eigenvalue weighted by atomic mass is 10.1. The van der Waals surface area contributed by atoms with E-state index in [-0.39, 0.29) is 6.04 Å². The fraction of sp³-hybridized carbons (Fsp3) is 0.0370. The molecule has 0 bridgehead atoms. The van der Waals surface area contributed by atoms with Crippen LogP contribution in [0.15, 0.2) is 204 Å². The van der Waals surface area contributed by atoms with Gasteiger partial charge in [-0.1, -0.05) is 109 Å². The van der Waals surface area contributed by atoms with Crippen molar-refractivity contribution in [2.24, 2.45) is 9.98 Å². The fourth-order valence-corrected chi connectivity index (χ4v) is 10.4. The predicted octanol–water partition coefficient (Wildman–Crippen LogP) is 11.6. The predicted molar refractivity (Wildman–Crippen MR) is 256 cm³/mol. The molecule has 2 aliphatic rings. The molecule has 2 N–H and O–H groups in total. The molecule has 8 heteroatoms. The van der Waals surface area contributed by atoms with Gasteiger partial charge in [-0.25, -0.2) is 9.98 Å². The molecule has 1 unspecified atom stereocenters. The van der Waals surface area contributed by atoms with Gasteiger partial charge in [0.05, 0.1) is 62.1 Å². The van der Waals surface area contributed by atoms with Gasteiger partial charge in [-0.2, -0.15) is 0 Å². The van der Waals surface area contributed by atoms with Crippen LogP contribution in [-0.2, 0) is 0 Å². The van der Waals surface area contributed by atoms with Gasteiger partial charge in [0.25, 0.3) is 0 Å². The van der Waals surface area contributed by atoms with Crippen LogP contribution >= 0.6 is 0 Å². The van der Waals surface area contributed by atoms with Crippen LogP contribution in [0.3, 0.4) is 0 Å². The highest BCUT2D eigenvalue weighted by atomic mass is 15.3. The molecule has 12 aromatic rings. The summed E-state index contributed by atoms with van der Waals surface area (Å²) in [6, 6.07) is 65.3. The van der Waals surface area contributed by atoms with Gasteiger partial charge < -0.3 is 19.8 Å². The highest BCUT2D eigenvalue weighted by Crippen LogP contribution is 2.40. The number of rotatable bonds is 2. The minimum Gasteiger partial charge on any atom is -0.353 e. The summed E-state index contributed by atoms with van der Waals surface area (Å²) in [6.07, 6.45) is 1.96. The van der Waals surface area contributed by atoms with Gasteiger partial charge in [-0.05, 0) is 72.8 Å². The van der Waals surface area contributed by atoms with Crippen molar-refractivity contribution in [3.8, 4) is 11.4 Å². The summed E-state index contributed by atoms with van der Waals surface area (Å²) in [7, 11) is 0. The van der Waals surface area contributed by atoms with Crippen molar-refractivity contribution in [1.82, 2.24) is 28.9 Å². The number of aromatic nitrogens is 4. The van der Waals surface area contributed by atoms with Crippen molar-refractivity contribution >= 4 is 99.1 Å². The van der Waals surface area contributed by atoms with E-state index in [0.717, 1.165) is 51.1 Å². The Morgan fingerprint density at radius 2 is 0.742 bits per heavy atom. The molecule has 292 valence electrons. The summed E-state index contributed by atoms with van der Waals surface area (Å²) in [6.45, 7) is 0.638. The Labute approximate surface area is 354 Å². The van der Waals surface area contributed by atoms with Gasteiger partial charge >= 0.3 is 0 Å². The first-order valence-electron chi connectivity index (χ1n) is 21.2. The Morgan fingerprint density at radius 1 is 0.371 bits per heavy atom. The SMILES string of the molecule is C1=C2N=C(n3c4ccccc4c4cc5c(cc43)c3ccccc3n5-c3ccccc3)NCC2NC(n2c3ccccc3c3cc4c(cc32)c2ccccc2n4-c2ccccc2)=N1. The Kier molecular flexibility index (Phi) is 6.79. The molecule has 62 heavy (non-hydrogen) atoms. The van der Waals surface area contributed by atoms with Crippen LogP contribution < -0.4 is 10.6 Å². The molecule has 0 spiro atoms. The number of para-hydroxylation sites is 6. The molecule has 0 aliphatic carbocycles. The van der Waals surface area contributed by atoms with E-state index in [1.807, 2.05) is 6.20 Å². The van der Waals surface area contributed by atoms with Gasteiger partial charge in [0, 0.05) is 61.0 Å². The van der Waals surface area contributed by atoms with Crippen molar-refractivity contribution in [1.29, 1.82) is 0 Å². The van der Waals surface area contributed by atoms with Crippen molar-refractivity contribution in [3.63, 3.8) is 0 Å². The molecule has 0 amide bonds. The number of benzene rings is 8. The molecule has 4 aromatic heterocycles. The van der Waals surface area contributed by atoms with E-state index < -0.39 is 0 Å². The fourth-order valence-electron chi connectivity index (χ4n) is 10.4. The van der Waals surface area contributed by atoms with Crippen LogP contribution in [0.4, 0.5) is 0 Å². The maximum atomic E-state index is 5.33. The van der Waals surface area contributed by atoms with E-state index in [1.165, 1.54) is 65.2 Å². The van der Waals surface area contributed by atoms with Crippen LogP contribution in [0.25, 0.3) is 98.6 Å². The van der Waals surface area contributed by atoms with Crippen LogP contribution in [0.2, 0.25) is 0 Å². The molecule has 8 aromatic carbocycles. The highest BCUT2D eigenvalue weighted by molar-refractivity contribution is 6.23. The van der Waals surface area contributed by atoms with Crippen molar-refractivity contribution < 1.29 is 0 Å². The monoisotopic (exact) mass is 796 g/mol. The number of fused-ring (bicyclic) bond motifs is 13. The molecule has 14 rings (SSSR count). The molecule has 0 saturated heterocycles. The third kappa shape index (κ3) is 4.60. The maximum absolute atomic E-state index is 5.33. The first-order valence-corrected chi connectivity index (χ1v) is 21.2. The minimum absolute atomic E-state index is 0.0881. The van der Waals surface area contributed by atoms with Crippen molar-refractivity contribution in [2.45, 2.75) is 6.04 Å². The van der Waals surface area contributed by atoms with E-state index in [9.17, 15) is 0 Å². The van der Waals surface area contributed by atoms with Crippen LogP contribution in [0.1, 0.15) is 0 Å². The van der Waals surface area contributed by atoms with Gasteiger partial charge in [-0.15, -0.1) is 0 Å². The minimum atomic E-state index is -0.0881. The summed E-state index contributed by atoms with van der Waals surface area (Å²) < 4.78 is 9.34. The zero-order valence-electron chi connectivity index (χ0n) is 33.4. The molecule has 0 fully saturated rings. The Bertz CT molecular complexity index is 3950. The Morgan fingerprint density at radius 3 is 1.19 bits per heavy atom. The average molecular weight is 797 g/mol. The quantitative estimate of drug-likeness (QED) is 0.183. The lowest BCUT2D eigenvalue weighted by Gasteiger charge is -2.30. The van der Waals surface area contributed by atoms with E-state index in [1.54, 1.807) is 0 Å². The van der Waals surface area contributed by atoms with Crippen LogP contribution in [0.5, 0.6) is 0 Å². The Hall–Kier alpha value is -8.36. The lowest BCUT2D eigenvalue weighted by Crippen LogP contribution is -2.52. The van der Waals surface area contributed by atoms with Crippen molar-refractivity contribution in [3.05, 3.63) is 194 Å². The molecule has 0 radical (unpaired) electrons. The second-order valence-electron chi connectivity index (χ2n) is 16.4. The molecular formula is C54H36N8. The number of hydrogen-bond donors (Lipinski definition) is 2. The number of hydrogen-bond acceptors (Lipinski definition) is 4. The summed E-state index contributed by atoms with van der Waals surface area (Å²) in [5.41, 5.74) is 12.3. The Balaban J connectivity index is 0.937. The molecule has 6 heterocycles. The van der Waals surface area contributed by atoms with Crippen molar-refractivity contribution in [2.75, 3.05) is 6.54 Å². The van der Waals surface area contributed by atoms with Gasteiger partial charge in [0.2, 0.25) is 11.9 Å². The maximum Gasteiger partial charge on any atom is 0.208 e. The summed E-state index contributed by atoms with van der Waals surface area (Å²) in [5.74, 6) is 1.57. The van der Waals surface area contributed by atoms with Crippen LogP contribution in [0, 0.1) is 0 Å². The summed E-state index contributed by atoms with van der Waals surface area (Å²) in [5, 5.41) is 17.2. The average Bonchev–Trinajstić information content (AvgIpc) is 4.05. The first kappa shape index (κ1) is 33.5. The smallest absolute Gasteiger partial charge is 0.208 e. The number of nitrogens with one attached hydrogen (secondary N) is 2. The van der Waals surface area contributed by atoms with Gasteiger partial charge in [0.15, 0.2) is 0 Å². The zero-order chi connectivity index (χ0) is 40.5. The number of aliphatic imine (C=N–C) groups is 2. The van der Waals surface area contributed by atoms with E-state index in [4.69, 9.17) is 9.98 Å². The molecule has 1 atom stereocenters. The van der Waals surface area contributed by atoms with Gasteiger partial charge in [0.1, 0.15) is 0 Å². The van der Waals surface area contributed by atoms with E-state index in [0.29, 0.717) is 6.54 Å². The molecule has 0 saturated carbocycles. The third-order valence-electron chi connectivity index (χ3n) is 13.1.